The standard InChI is InChI=1S/C9H13FN3O6P.C2H2.2CH4O/c10-6-3-7(11)12-9(14)13(6)8-2-1-5(19-8)4-18-20(15,16)17;3*1-2/h3,5,8,15-17H,1-2,4H2,(H-,11,12,14);1-2H;2*2H,1H3/p+1. The van der Waals surface area contributed by atoms with Gasteiger partial charge in [-0.2, -0.15) is 28.6 Å². The van der Waals surface area contributed by atoms with Crippen molar-refractivity contribution in [3.05, 3.63) is 22.5 Å². The molecule has 2 unspecified atom stereocenters. The van der Waals surface area contributed by atoms with Gasteiger partial charge in [0.05, 0.1) is 6.10 Å². The molecule has 1 aliphatic rings. The van der Waals surface area contributed by atoms with Gasteiger partial charge in [0.1, 0.15) is 18.7 Å². The molecule has 0 saturated carbocycles. The number of hydrogen-bond acceptors (Lipinski definition) is 10. The molecule has 0 radical (unpaired) electrons. The number of aliphatic hydroxyl groups is 2. The van der Waals surface area contributed by atoms with Crippen LogP contribution < -0.4 is 11.4 Å². The number of anilines is 1. The number of terminal acetylenes is 1. The molecule has 1 aliphatic heterocycles. The summed E-state index contributed by atoms with van der Waals surface area (Å²) in [6.07, 6.45) is 7.22. The number of hydrogen-bond donors (Lipinski definition) is 6. The molecule has 13 heteroatoms. The summed E-state index contributed by atoms with van der Waals surface area (Å²) >= 11 is 0. The van der Waals surface area contributed by atoms with E-state index < -0.39 is 32.1 Å². The maximum atomic E-state index is 13.7. The van der Waals surface area contributed by atoms with Crippen molar-refractivity contribution in [2.45, 2.75) is 25.2 Å². The number of nitrogen functional groups attached to an aromatic ring is 1. The van der Waals surface area contributed by atoms with Gasteiger partial charge in [-0.3, -0.25) is 0 Å². The third-order valence-electron chi connectivity index (χ3n) is 2.73. The van der Waals surface area contributed by atoms with Crippen molar-refractivity contribution in [1.29, 1.82) is 0 Å². The van der Waals surface area contributed by atoms with Crippen molar-refractivity contribution in [1.82, 2.24) is 9.55 Å². The summed E-state index contributed by atoms with van der Waals surface area (Å²) in [7, 11) is -2.34. The summed E-state index contributed by atoms with van der Waals surface area (Å²) < 4.78 is 24.2. The zero-order chi connectivity index (χ0) is 20.9. The van der Waals surface area contributed by atoms with Crippen LogP contribution in [0, 0.1) is 18.8 Å². The predicted molar refractivity (Wildman–Crippen MR) is 91.7 cm³/mol. The molecule has 26 heavy (non-hydrogen) atoms. The Labute approximate surface area is 150 Å². The number of nitrogens with zero attached hydrogens (tertiary/aromatic N) is 2. The van der Waals surface area contributed by atoms with Crippen LogP contribution in [0.15, 0.2) is 10.9 Å². The van der Waals surface area contributed by atoms with E-state index in [0.29, 0.717) is 12.8 Å². The van der Waals surface area contributed by atoms with Gasteiger partial charge in [-0.1, -0.05) is 0 Å². The lowest BCUT2D eigenvalue weighted by atomic mass is 10.2. The van der Waals surface area contributed by atoms with Crippen molar-refractivity contribution >= 4 is 14.0 Å². The minimum Gasteiger partial charge on any atom is -0.400 e. The Morgan fingerprint density at radius 2 is 1.88 bits per heavy atom. The van der Waals surface area contributed by atoms with E-state index in [1.165, 1.54) is 0 Å². The number of nitrogens with two attached hydrogens (primary N) is 1. The second-order valence-corrected chi connectivity index (χ2v) is 5.54. The van der Waals surface area contributed by atoms with Crippen LogP contribution in [0.4, 0.5) is 10.2 Å². The van der Waals surface area contributed by atoms with Crippen LogP contribution in [0.3, 0.4) is 0 Å². The van der Waals surface area contributed by atoms with Crippen molar-refractivity contribution in [2.24, 2.45) is 0 Å². The van der Waals surface area contributed by atoms with Gasteiger partial charge in [0.15, 0.2) is 0 Å². The molecule has 1 aromatic rings. The molecule has 0 aliphatic carbocycles. The molecule has 1 saturated heterocycles. The highest BCUT2D eigenvalue weighted by atomic mass is 31.2. The van der Waals surface area contributed by atoms with E-state index in [1.54, 1.807) is 0 Å². The smallest absolute Gasteiger partial charge is 0.400 e. The summed E-state index contributed by atoms with van der Waals surface area (Å²) in [6, 6.07) is 0.903. The minimum absolute atomic E-state index is 0.225. The molecule has 0 aromatic carbocycles. The van der Waals surface area contributed by atoms with Crippen molar-refractivity contribution < 1.29 is 38.5 Å². The van der Waals surface area contributed by atoms with Crippen LogP contribution >= 0.6 is 8.17 Å². The van der Waals surface area contributed by atoms with Crippen LogP contribution in [0.1, 0.15) is 19.1 Å². The fourth-order valence-electron chi connectivity index (χ4n) is 1.92. The zero-order valence-corrected chi connectivity index (χ0v) is 15.2. The van der Waals surface area contributed by atoms with E-state index in [1.807, 2.05) is 0 Å². The third-order valence-corrected chi connectivity index (χ3v) is 3.23. The molecule has 2 atom stereocenters. The largest absolute Gasteiger partial charge is 0.567 e. The Balaban J connectivity index is 0. The van der Waals surface area contributed by atoms with E-state index in [4.69, 9.17) is 35.4 Å². The van der Waals surface area contributed by atoms with E-state index in [9.17, 15) is 9.18 Å². The highest BCUT2D eigenvalue weighted by Crippen LogP contribution is 2.46. The van der Waals surface area contributed by atoms with Gasteiger partial charge < -0.3 is 20.7 Å². The average molecular weight is 400 g/mol. The van der Waals surface area contributed by atoms with Crippen LogP contribution in [-0.2, 0) is 9.26 Å². The molecule has 0 amide bonds. The Bertz CT molecular complexity index is 593. The molecule has 2 rings (SSSR count). The lowest BCUT2D eigenvalue weighted by molar-refractivity contribution is -0.0318. The predicted octanol–water partition coefficient (Wildman–Crippen LogP) is -1.22. The van der Waals surface area contributed by atoms with Crippen LogP contribution in [0.2, 0.25) is 0 Å². The first-order valence-electron chi connectivity index (χ1n) is 6.91. The summed E-state index contributed by atoms with van der Waals surface area (Å²) in [4.78, 5) is 41.0. The normalized spacial score (nSPS) is 18.4. The second kappa shape index (κ2) is 13.5. The van der Waals surface area contributed by atoms with Crippen LogP contribution in [0.25, 0.3) is 0 Å². The van der Waals surface area contributed by atoms with Crippen molar-refractivity contribution in [2.75, 3.05) is 26.6 Å². The number of ether oxygens (including phenoxy) is 1. The highest BCUT2D eigenvalue weighted by Gasteiger charge is 2.37. The molecule has 0 spiro atoms. The van der Waals surface area contributed by atoms with E-state index in [0.717, 1.165) is 24.9 Å². The van der Waals surface area contributed by atoms with Crippen molar-refractivity contribution in [3.8, 4) is 12.8 Å². The molecule has 2 heterocycles. The van der Waals surface area contributed by atoms with Gasteiger partial charge in [0.25, 0.3) is 0 Å². The maximum Gasteiger partial charge on any atom is 0.567 e. The Hall–Kier alpha value is -1.68. The van der Waals surface area contributed by atoms with Gasteiger partial charge in [0.2, 0.25) is 5.95 Å². The SMILES string of the molecule is C#C.CO.CO.Nc1cc(F)n(C2CCC(CO[P+](O)(O)O)O2)c(=O)n1. The first-order valence-corrected chi connectivity index (χ1v) is 8.47. The summed E-state index contributed by atoms with van der Waals surface area (Å²) in [5.41, 5.74) is 4.37. The first-order chi connectivity index (χ1) is 12.3. The highest BCUT2D eigenvalue weighted by molar-refractivity contribution is 7.53. The molecule has 0 bridgehead atoms. The minimum atomic E-state index is -4.34. The molecular formula is C13H24FN3O8P+. The quantitative estimate of drug-likeness (QED) is 0.204. The summed E-state index contributed by atoms with van der Waals surface area (Å²) in [5.74, 6) is -1.10. The zero-order valence-electron chi connectivity index (χ0n) is 14.3. The lowest BCUT2D eigenvalue weighted by Gasteiger charge is -2.16. The van der Waals surface area contributed by atoms with Crippen molar-refractivity contribution in [3.63, 3.8) is 0 Å². The number of halogens is 1. The Kier molecular flexibility index (Phi) is 13.8. The fourth-order valence-corrected chi connectivity index (χ4v) is 2.29. The molecular weight excluding hydrogens is 376 g/mol. The number of aliphatic hydroxyl groups excluding tert-OH is 2. The number of rotatable bonds is 4. The summed E-state index contributed by atoms with van der Waals surface area (Å²) in [6.45, 7) is -0.285. The topological polar surface area (TPSA) is 181 Å². The fraction of sp³-hybridized carbons (Fsp3) is 0.538. The Morgan fingerprint density at radius 3 is 2.35 bits per heavy atom. The van der Waals surface area contributed by atoms with Crippen LogP contribution in [0.5, 0.6) is 0 Å². The molecule has 1 aromatic heterocycles. The van der Waals surface area contributed by atoms with Gasteiger partial charge in [-0.05, 0) is 12.8 Å². The van der Waals surface area contributed by atoms with E-state index in [-0.39, 0.29) is 12.4 Å². The van der Waals surface area contributed by atoms with Gasteiger partial charge >= 0.3 is 13.9 Å². The molecule has 150 valence electrons. The molecule has 1 fully saturated rings. The first kappa shape index (κ1) is 26.5. The lowest BCUT2D eigenvalue weighted by Crippen LogP contribution is -2.30. The Morgan fingerprint density at radius 1 is 1.35 bits per heavy atom. The van der Waals surface area contributed by atoms with Gasteiger partial charge in [0, 0.05) is 20.3 Å². The molecule has 7 N–H and O–H groups in total. The maximum absolute atomic E-state index is 13.7. The average Bonchev–Trinajstić information content (AvgIpc) is 3.06. The number of aromatic nitrogens is 2. The monoisotopic (exact) mass is 400 g/mol. The second-order valence-electron chi connectivity index (χ2n) is 4.26. The summed E-state index contributed by atoms with van der Waals surface area (Å²) in [5, 5.41) is 14.0. The third kappa shape index (κ3) is 9.14. The van der Waals surface area contributed by atoms with Gasteiger partial charge in [-0.25, -0.2) is 9.36 Å². The van der Waals surface area contributed by atoms with Gasteiger partial charge in [-0.15, -0.1) is 12.8 Å². The molecule has 11 nitrogen and oxygen atoms in total. The van der Waals surface area contributed by atoms with Crippen LogP contribution in [-0.4, -0.2) is 61.4 Å². The van der Waals surface area contributed by atoms with E-state index in [2.05, 4.69) is 22.4 Å². The van der Waals surface area contributed by atoms with E-state index >= 15 is 0 Å².